The summed E-state index contributed by atoms with van der Waals surface area (Å²) >= 11 is 0. The standard InChI is InChI=1S/C18H27N3O2/c22-17(15-20-10-3-1-2-4-11-20)21-12-7-18(23,8-13-21)16-6-5-9-19-14-16/h5-6,9,14,23H,1-4,7-8,10-13,15H2. The average molecular weight is 317 g/mol. The van der Waals surface area contributed by atoms with Crippen LogP contribution in [0.3, 0.4) is 0 Å². The lowest BCUT2D eigenvalue weighted by Gasteiger charge is -2.39. The van der Waals surface area contributed by atoms with Crippen LogP contribution in [0.25, 0.3) is 0 Å². The largest absolute Gasteiger partial charge is 0.385 e. The number of aliphatic hydroxyl groups is 1. The lowest BCUT2D eigenvalue weighted by atomic mass is 9.85. The summed E-state index contributed by atoms with van der Waals surface area (Å²) in [7, 11) is 0. The Balaban J connectivity index is 1.53. The number of hydrogen-bond donors (Lipinski definition) is 1. The van der Waals surface area contributed by atoms with E-state index in [4.69, 9.17) is 0 Å². The monoisotopic (exact) mass is 317 g/mol. The summed E-state index contributed by atoms with van der Waals surface area (Å²) in [5.41, 5.74) is 0.0211. The zero-order chi connectivity index (χ0) is 16.1. The lowest BCUT2D eigenvalue weighted by Crippen LogP contribution is -2.48. The molecule has 0 aromatic carbocycles. The van der Waals surface area contributed by atoms with Crippen molar-refractivity contribution in [2.45, 2.75) is 44.1 Å². The van der Waals surface area contributed by atoms with Gasteiger partial charge in [0.2, 0.25) is 5.91 Å². The number of nitrogens with zero attached hydrogens (tertiary/aromatic N) is 3. The van der Waals surface area contributed by atoms with Crippen molar-refractivity contribution in [3.05, 3.63) is 30.1 Å². The van der Waals surface area contributed by atoms with Crippen molar-refractivity contribution < 1.29 is 9.90 Å². The van der Waals surface area contributed by atoms with Gasteiger partial charge in [-0.3, -0.25) is 14.7 Å². The molecule has 3 heterocycles. The Morgan fingerprint density at radius 3 is 2.43 bits per heavy atom. The fraction of sp³-hybridized carbons (Fsp3) is 0.667. The van der Waals surface area contributed by atoms with Gasteiger partial charge < -0.3 is 10.0 Å². The molecule has 0 aliphatic carbocycles. The van der Waals surface area contributed by atoms with Gasteiger partial charge in [0, 0.05) is 31.0 Å². The molecule has 2 saturated heterocycles. The van der Waals surface area contributed by atoms with E-state index in [9.17, 15) is 9.90 Å². The van der Waals surface area contributed by atoms with E-state index in [1.54, 1.807) is 12.4 Å². The molecule has 0 bridgehead atoms. The molecule has 1 amide bonds. The van der Waals surface area contributed by atoms with E-state index in [0.717, 1.165) is 18.7 Å². The summed E-state index contributed by atoms with van der Waals surface area (Å²) in [5.74, 6) is 0.208. The molecule has 1 aromatic rings. The number of hydrogen-bond acceptors (Lipinski definition) is 4. The predicted octanol–water partition coefficient (Wildman–Crippen LogP) is 1.77. The molecule has 1 N–H and O–H groups in total. The van der Waals surface area contributed by atoms with Crippen molar-refractivity contribution in [3.63, 3.8) is 0 Å². The minimum atomic E-state index is -0.840. The average Bonchev–Trinajstić information content (AvgIpc) is 2.85. The van der Waals surface area contributed by atoms with E-state index < -0.39 is 5.60 Å². The highest BCUT2D eigenvalue weighted by atomic mass is 16.3. The highest BCUT2D eigenvalue weighted by Gasteiger charge is 2.35. The van der Waals surface area contributed by atoms with Gasteiger partial charge in [-0.15, -0.1) is 0 Å². The SMILES string of the molecule is O=C(CN1CCCCCC1)N1CCC(O)(c2cccnc2)CC1. The minimum absolute atomic E-state index is 0.208. The summed E-state index contributed by atoms with van der Waals surface area (Å²) in [6.45, 7) is 3.86. The van der Waals surface area contributed by atoms with E-state index in [2.05, 4.69) is 9.88 Å². The molecule has 5 heteroatoms. The van der Waals surface area contributed by atoms with Crippen molar-refractivity contribution in [2.75, 3.05) is 32.7 Å². The molecule has 0 unspecified atom stereocenters. The number of amides is 1. The van der Waals surface area contributed by atoms with Crippen LogP contribution in [-0.4, -0.2) is 58.5 Å². The molecule has 0 saturated carbocycles. The van der Waals surface area contributed by atoms with Gasteiger partial charge in [0.05, 0.1) is 12.1 Å². The molecule has 23 heavy (non-hydrogen) atoms. The maximum Gasteiger partial charge on any atom is 0.236 e. The minimum Gasteiger partial charge on any atom is -0.385 e. The summed E-state index contributed by atoms with van der Waals surface area (Å²) in [4.78, 5) is 20.8. The third kappa shape index (κ3) is 4.09. The lowest BCUT2D eigenvalue weighted by molar-refractivity contribution is -0.137. The number of piperidine rings is 1. The molecular formula is C18H27N3O2. The van der Waals surface area contributed by atoms with E-state index in [0.29, 0.717) is 32.5 Å². The molecular weight excluding hydrogens is 290 g/mol. The Morgan fingerprint density at radius 1 is 1.13 bits per heavy atom. The Labute approximate surface area is 138 Å². The zero-order valence-electron chi connectivity index (χ0n) is 13.8. The van der Waals surface area contributed by atoms with Gasteiger partial charge in [-0.05, 0) is 44.8 Å². The molecule has 3 rings (SSSR count). The van der Waals surface area contributed by atoms with Crippen molar-refractivity contribution in [1.29, 1.82) is 0 Å². The third-order valence-electron chi connectivity index (χ3n) is 5.20. The van der Waals surface area contributed by atoms with Crippen molar-refractivity contribution in [3.8, 4) is 0 Å². The topological polar surface area (TPSA) is 56.7 Å². The zero-order valence-corrected chi connectivity index (χ0v) is 13.8. The highest BCUT2D eigenvalue weighted by molar-refractivity contribution is 5.78. The fourth-order valence-electron chi connectivity index (χ4n) is 3.64. The smallest absolute Gasteiger partial charge is 0.236 e. The summed E-state index contributed by atoms with van der Waals surface area (Å²) in [5, 5.41) is 10.8. The molecule has 2 aliphatic heterocycles. The van der Waals surface area contributed by atoms with E-state index in [1.165, 1.54) is 25.7 Å². The first-order valence-corrected chi connectivity index (χ1v) is 8.80. The van der Waals surface area contributed by atoms with Crippen LogP contribution in [0.2, 0.25) is 0 Å². The van der Waals surface area contributed by atoms with E-state index in [1.807, 2.05) is 17.0 Å². The van der Waals surface area contributed by atoms with Crippen LogP contribution in [0.5, 0.6) is 0 Å². The molecule has 0 radical (unpaired) electrons. The molecule has 126 valence electrons. The van der Waals surface area contributed by atoms with Gasteiger partial charge in [0.15, 0.2) is 0 Å². The van der Waals surface area contributed by atoms with Crippen molar-refractivity contribution in [2.24, 2.45) is 0 Å². The second-order valence-corrected chi connectivity index (χ2v) is 6.84. The molecule has 1 aromatic heterocycles. The fourth-order valence-corrected chi connectivity index (χ4v) is 3.64. The first kappa shape index (κ1) is 16.4. The summed E-state index contributed by atoms with van der Waals surface area (Å²) in [6.07, 6.45) is 9.59. The Kier molecular flexibility index (Phi) is 5.28. The Bertz CT molecular complexity index is 504. The van der Waals surface area contributed by atoms with Gasteiger partial charge in [-0.2, -0.15) is 0 Å². The van der Waals surface area contributed by atoms with Crippen LogP contribution in [0, 0.1) is 0 Å². The van der Waals surface area contributed by atoms with Crippen LogP contribution in [-0.2, 0) is 10.4 Å². The number of aromatic nitrogens is 1. The Morgan fingerprint density at radius 2 is 1.83 bits per heavy atom. The van der Waals surface area contributed by atoms with Gasteiger partial charge in [0.1, 0.15) is 0 Å². The number of likely N-dealkylation sites (tertiary alicyclic amines) is 2. The van der Waals surface area contributed by atoms with Crippen LogP contribution in [0.4, 0.5) is 0 Å². The third-order valence-corrected chi connectivity index (χ3v) is 5.20. The normalized spacial score (nSPS) is 22.6. The maximum absolute atomic E-state index is 12.5. The second kappa shape index (κ2) is 7.41. The van der Waals surface area contributed by atoms with Crippen molar-refractivity contribution in [1.82, 2.24) is 14.8 Å². The van der Waals surface area contributed by atoms with Gasteiger partial charge >= 0.3 is 0 Å². The van der Waals surface area contributed by atoms with Gasteiger partial charge in [-0.25, -0.2) is 0 Å². The van der Waals surface area contributed by atoms with Gasteiger partial charge in [0.25, 0.3) is 0 Å². The molecule has 0 atom stereocenters. The second-order valence-electron chi connectivity index (χ2n) is 6.84. The summed E-state index contributed by atoms with van der Waals surface area (Å²) in [6, 6.07) is 3.77. The number of rotatable bonds is 3. The van der Waals surface area contributed by atoms with Crippen LogP contribution in [0.1, 0.15) is 44.1 Å². The summed E-state index contributed by atoms with van der Waals surface area (Å²) < 4.78 is 0. The van der Waals surface area contributed by atoms with E-state index in [-0.39, 0.29) is 5.91 Å². The van der Waals surface area contributed by atoms with Crippen LogP contribution in [0.15, 0.2) is 24.5 Å². The number of carbonyl (C=O) groups excluding carboxylic acids is 1. The maximum atomic E-state index is 12.5. The Hall–Kier alpha value is -1.46. The first-order valence-electron chi connectivity index (χ1n) is 8.80. The first-order chi connectivity index (χ1) is 11.2. The predicted molar refractivity (Wildman–Crippen MR) is 88.9 cm³/mol. The number of carbonyl (C=O) groups is 1. The van der Waals surface area contributed by atoms with Crippen molar-refractivity contribution >= 4 is 5.91 Å². The van der Waals surface area contributed by atoms with Crippen LogP contribution >= 0.6 is 0 Å². The molecule has 2 fully saturated rings. The van der Waals surface area contributed by atoms with E-state index >= 15 is 0 Å². The molecule has 0 spiro atoms. The molecule has 2 aliphatic rings. The van der Waals surface area contributed by atoms with Crippen LogP contribution < -0.4 is 0 Å². The molecule has 5 nitrogen and oxygen atoms in total. The quantitative estimate of drug-likeness (QED) is 0.923. The number of pyridine rings is 1. The highest BCUT2D eigenvalue weighted by Crippen LogP contribution is 2.32. The van der Waals surface area contributed by atoms with Gasteiger partial charge in [-0.1, -0.05) is 18.9 Å².